The summed E-state index contributed by atoms with van der Waals surface area (Å²) in [6, 6.07) is 0. The van der Waals surface area contributed by atoms with Crippen LogP contribution in [0.15, 0.2) is 6.08 Å². The monoisotopic (exact) mass is 224 g/mol. The Balaban J connectivity index is 2.38. The number of carbonyl (C=O) groups is 1. The van der Waals surface area contributed by atoms with E-state index in [-0.39, 0.29) is 5.91 Å². The van der Waals surface area contributed by atoms with Gasteiger partial charge in [-0.2, -0.15) is 0 Å². The standard InChI is InChI=1S/C11H16N2OS/c1-8-11(15-10(3)13-8)6-4-5-7-12-9(2)14/h4,6H,5,7H2,1-3H3,(H,12,14). The molecule has 0 aliphatic carbocycles. The number of thiazole rings is 1. The highest BCUT2D eigenvalue weighted by molar-refractivity contribution is 7.12. The molecule has 1 heterocycles. The van der Waals surface area contributed by atoms with Crippen LogP contribution in [0.3, 0.4) is 0 Å². The normalized spacial score (nSPS) is 10.9. The highest BCUT2D eigenvalue weighted by atomic mass is 32.1. The van der Waals surface area contributed by atoms with Gasteiger partial charge in [0.2, 0.25) is 5.91 Å². The van der Waals surface area contributed by atoms with Gasteiger partial charge in [0.15, 0.2) is 0 Å². The van der Waals surface area contributed by atoms with Crippen LogP contribution in [0.25, 0.3) is 6.08 Å². The summed E-state index contributed by atoms with van der Waals surface area (Å²) in [5.74, 6) is 0.0215. The predicted octanol–water partition coefficient (Wildman–Crippen LogP) is 2.30. The van der Waals surface area contributed by atoms with Gasteiger partial charge in [-0.15, -0.1) is 11.3 Å². The van der Waals surface area contributed by atoms with Crippen LogP contribution < -0.4 is 5.32 Å². The van der Waals surface area contributed by atoms with Gasteiger partial charge in [-0.25, -0.2) is 4.98 Å². The van der Waals surface area contributed by atoms with Crippen molar-refractivity contribution in [3.8, 4) is 0 Å². The van der Waals surface area contributed by atoms with Crippen LogP contribution in [0.2, 0.25) is 0 Å². The Morgan fingerprint density at radius 1 is 1.53 bits per heavy atom. The molecule has 1 N–H and O–H groups in total. The fraction of sp³-hybridized carbons (Fsp3) is 0.455. The molecule has 0 unspecified atom stereocenters. The minimum absolute atomic E-state index is 0.0215. The maximum absolute atomic E-state index is 10.6. The summed E-state index contributed by atoms with van der Waals surface area (Å²) >= 11 is 1.69. The van der Waals surface area contributed by atoms with Gasteiger partial charge < -0.3 is 5.32 Å². The Morgan fingerprint density at radius 2 is 2.27 bits per heavy atom. The van der Waals surface area contributed by atoms with E-state index in [0.29, 0.717) is 6.54 Å². The van der Waals surface area contributed by atoms with Gasteiger partial charge in [0.1, 0.15) is 0 Å². The number of nitrogens with one attached hydrogen (secondary N) is 1. The molecule has 1 aromatic heterocycles. The van der Waals surface area contributed by atoms with Gasteiger partial charge in [-0.05, 0) is 26.3 Å². The van der Waals surface area contributed by atoms with Crippen molar-refractivity contribution < 1.29 is 4.79 Å². The number of aryl methyl sites for hydroxylation is 2. The molecule has 4 heteroatoms. The van der Waals surface area contributed by atoms with Crippen molar-refractivity contribution in [1.82, 2.24) is 10.3 Å². The predicted molar refractivity (Wildman–Crippen MR) is 63.9 cm³/mol. The Labute approximate surface area is 94.2 Å². The number of aromatic nitrogens is 1. The molecule has 0 bridgehead atoms. The van der Waals surface area contributed by atoms with Crippen LogP contribution in [-0.4, -0.2) is 17.4 Å². The minimum Gasteiger partial charge on any atom is -0.356 e. The lowest BCUT2D eigenvalue weighted by Crippen LogP contribution is -2.20. The minimum atomic E-state index is 0.0215. The topological polar surface area (TPSA) is 42.0 Å². The summed E-state index contributed by atoms with van der Waals surface area (Å²) < 4.78 is 0. The fourth-order valence-corrected chi connectivity index (χ4v) is 2.08. The van der Waals surface area contributed by atoms with Crippen molar-refractivity contribution in [2.24, 2.45) is 0 Å². The van der Waals surface area contributed by atoms with Crippen LogP contribution >= 0.6 is 11.3 Å². The molecule has 3 nitrogen and oxygen atoms in total. The number of carbonyl (C=O) groups excluding carboxylic acids is 1. The first-order chi connectivity index (χ1) is 7.09. The number of hydrogen-bond donors (Lipinski definition) is 1. The second-order valence-corrected chi connectivity index (χ2v) is 4.59. The quantitative estimate of drug-likeness (QED) is 0.797. The molecule has 15 heavy (non-hydrogen) atoms. The molecular formula is C11H16N2OS. The molecule has 1 aromatic rings. The van der Waals surface area contributed by atoms with Crippen molar-refractivity contribution in [3.63, 3.8) is 0 Å². The molecule has 0 aromatic carbocycles. The van der Waals surface area contributed by atoms with E-state index in [0.717, 1.165) is 17.1 Å². The average Bonchev–Trinajstić information content (AvgIpc) is 2.44. The largest absolute Gasteiger partial charge is 0.356 e. The van der Waals surface area contributed by atoms with E-state index < -0.39 is 0 Å². The van der Waals surface area contributed by atoms with E-state index in [1.165, 1.54) is 11.8 Å². The first-order valence-electron chi connectivity index (χ1n) is 4.94. The Hall–Kier alpha value is -1.16. The zero-order chi connectivity index (χ0) is 11.3. The summed E-state index contributed by atoms with van der Waals surface area (Å²) in [5.41, 5.74) is 1.08. The molecule has 82 valence electrons. The van der Waals surface area contributed by atoms with Crippen molar-refractivity contribution in [2.45, 2.75) is 27.2 Å². The van der Waals surface area contributed by atoms with Gasteiger partial charge in [0.25, 0.3) is 0 Å². The molecule has 0 spiro atoms. The molecule has 1 rings (SSSR count). The zero-order valence-corrected chi connectivity index (χ0v) is 10.1. The third-order valence-electron chi connectivity index (χ3n) is 1.89. The molecule has 1 amide bonds. The number of nitrogens with zero attached hydrogens (tertiary/aromatic N) is 1. The maximum Gasteiger partial charge on any atom is 0.216 e. The average molecular weight is 224 g/mol. The van der Waals surface area contributed by atoms with Crippen LogP contribution in [0, 0.1) is 13.8 Å². The van der Waals surface area contributed by atoms with Crippen molar-refractivity contribution in [2.75, 3.05) is 6.54 Å². The lowest BCUT2D eigenvalue weighted by atomic mass is 10.3. The van der Waals surface area contributed by atoms with Gasteiger partial charge in [-0.1, -0.05) is 6.08 Å². The molecule has 0 saturated heterocycles. The number of amides is 1. The first kappa shape index (κ1) is 11.9. The van der Waals surface area contributed by atoms with Crippen LogP contribution in [0.5, 0.6) is 0 Å². The maximum atomic E-state index is 10.6. The van der Waals surface area contributed by atoms with E-state index in [1.807, 2.05) is 13.8 Å². The first-order valence-corrected chi connectivity index (χ1v) is 5.76. The number of hydrogen-bond acceptors (Lipinski definition) is 3. The van der Waals surface area contributed by atoms with Gasteiger partial charge in [0.05, 0.1) is 10.7 Å². The Morgan fingerprint density at radius 3 is 2.80 bits per heavy atom. The molecule has 0 radical (unpaired) electrons. The van der Waals surface area contributed by atoms with Gasteiger partial charge in [0, 0.05) is 18.3 Å². The van der Waals surface area contributed by atoms with E-state index in [2.05, 4.69) is 22.5 Å². The molecule has 0 saturated carbocycles. The molecule has 0 atom stereocenters. The fourth-order valence-electron chi connectivity index (χ4n) is 1.22. The summed E-state index contributed by atoms with van der Waals surface area (Å²) in [6.45, 7) is 6.24. The summed E-state index contributed by atoms with van der Waals surface area (Å²) in [4.78, 5) is 16.1. The van der Waals surface area contributed by atoms with E-state index in [1.54, 1.807) is 11.3 Å². The highest BCUT2D eigenvalue weighted by Crippen LogP contribution is 2.18. The third-order valence-corrected chi connectivity index (χ3v) is 2.93. The molecule has 0 aliphatic heterocycles. The summed E-state index contributed by atoms with van der Waals surface area (Å²) in [6.07, 6.45) is 4.99. The SMILES string of the molecule is CC(=O)NCCC=Cc1sc(C)nc1C. The zero-order valence-electron chi connectivity index (χ0n) is 9.33. The van der Waals surface area contributed by atoms with E-state index in [4.69, 9.17) is 0 Å². The molecule has 0 aliphatic rings. The van der Waals surface area contributed by atoms with Crippen molar-refractivity contribution in [1.29, 1.82) is 0 Å². The Bertz CT molecular complexity index is 369. The number of rotatable bonds is 4. The highest BCUT2D eigenvalue weighted by Gasteiger charge is 1.99. The lowest BCUT2D eigenvalue weighted by Gasteiger charge is -1.96. The second kappa shape index (κ2) is 5.66. The van der Waals surface area contributed by atoms with Gasteiger partial charge >= 0.3 is 0 Å². The second-order valence-electron chi connectivity index (χ2n) is 3.36. The molecular weight excluding hydrogens is 208 g/mol. The van der Waals surface area contributed by atoms with Crippen LogP contribution in [-0.2, 0) is 4.79 Å². The van der Waals surface area contributed by atoms with E-state index >= 15 is 0 Å². The van der Waals surface area contributed by atoms with Gasteiger partial charge in [-0.3, -0.25) is 4.79 Å². The van der Waals surface area contributed by atoms with Crippen molar-refractivity contribution >= 4 is 23.3 Å². The van der Waals surface area contributed by atoms with E-state index in [9.17, 15) is 4.79 Å². The molecule has 0 fully saturated rings. The van der Waals surface area contributed by atoms with Crippen LogP contribution in [0.1, 0.15) is 28.9 Å². The van der Waals surface area contributed by atoms with Crippen molar-refractivity contribution in [3.05, 3.63) is 21.7 Å². The van der Waals surface area contributed by atoms with Crippen LogP contribution in [0.4, 0.5) is 0 Å². The Kier molecular flexibility index (Phi) is 4.49. The summed E-state index contributed by atoms with van der Waals surface area (Å²) in [5, 5.41) is 3.84. The lowest BCUT2D eigenvalue weighted by molar-refractivity contribution is -0.118. The smallest absolute Gasteiger partial charge is 0.216 e. The third kappa shape index (κ3) is 4.25. The summed E-state index contributed by atoms with van der Waals surface area (Å²) in [7, 11) is 0.